The number of anilines is 1. The van der Waals surface area contributed by atoms with E-state index in [4.69, 9.17) is 28.9 Å². The minimum absolute atomic E-state index is 0.0157. The van der Waals surface area contributed by atoms with Crippen LogP contribution < -0.4 is 16.0 Å². The summed E-state index contributed by atoms with van der Waals surface area (Å²) < 4.78 is 0. The van der Waals surface area contributed by atoms with Crippen LogP contribution in [0.1, 0.15) is 19.3 Å². The number of carbonyl (C=O) groups is 3. The van der Waals surface area contributed by atoms with Gasteiger partial charge in [0, 0.05) is 25.6 Å². The number of nitrogens with one attached hydrogen (secondary N) is 1. The zero-order chi connectivity index (χ0) is 18.1. The maximum atomic E-state index is 12.5. The molecule has 0 saturated carbocycles. The Labute approximate surface area is 155 Å². The number of imide groups is 1. The van der Waals surface area contributed by atoms with Crippen molar-refractivity contribution in [1.82, 2.24) is 10.2 Å². The number of nitrogens with two attached hydrogens (primary N) is 1. The van der Waals surface area contributed by atoms with Crippen LogP contribution in [0, 0.1) is 0 Å². The monoisotopic (exact) mass is 384 g/mol. The molecule has 134 valence electrons. The van der Waals surface area contributed by atoms with Crippen LogP contribution >= 0.6 is 23.2 Å². The number of benzene rings is 1. The van der Waals surface area contributed by atoms with Crippen molar-refractivity contribution in [3.63, 3.8) is 0 Å². The number of carbonyl (C=O) groups excluding carboxylic acids is 3. The SMILES string of the molecule is NC1CCN(C(=O)CCC2NC(=O)N(c3ccc(Cl)c(Cl)c3)C2=O)C1. The number of amides is 4. The first-order valence-corrected chi connectivity index (χ1v) is 8.75. The average molecular weight is 385 g/mol. The van der Waals surface area contributed by atoms with E-state index in [0.29, 0.717) is 23.8 Å². The molecule has 0 aliphatic carbocycles. The molecule has 0 bridgehead atoms. The summed E-state index contributed by atoms with van der Waals surface area (Å²) in [6, 6.07) is 3.27. The van der Waals surface area contributed by atoms with E-state index < -0.39 is 18.0 Å². The van der Waals surface area contributed by atoms with Gasteiger partial charge in [-0.1, -0.05) is 23.2 Å². The summed E-state index contributed by atoms with van der Waals surface area (Å²) in [5.41, 5.74) is 6.14. The van der Waals surface area contributed by atoms with Crippen molar-refractivity contribution in [2.75, 3.05) is 18.0 Å². The smallest absolute Gasteiger partial charge is 0.329 e. The number of likely N-dealkylation sites (tertiary alicyclic amines) is 1. The topological polar surface area (TPSA) is 95.7 Å². The number of urea groups is 1. The highest BCUT2D eigenvalue weighted by atomic mass is 35.5. The molecule has 0 radical (unpaired) electrons. The van der Waals surface area contributed by atoms with Gasteiger partial charge in [0.15, 0.2) is 0 Å². The lowest BCUT2D eigenvalue weighted by Gasteiger charge is -2.17. The lowest BCUT2D eigenvalue weighted by atomic mass is 10.1. The van der Waals surface area contributed by atoms with Gasteiger partial charge in [0.05, 0.1) is 15.7 Å². The van der Waals surface area contributed by atoms with Gasteiger partial charge in [-0.3, -0.25) is 9.59 Å². The van der Waals surface area contributed by atoms with E-state index in [1.54, 1.807) is 11.0 Å². The molecule has 2 aliphatic heterocycles. The van der Waals surface area contributed by atoms with Gasteiger partial charge in [0.1, 0.15) is 6.04 Å². The molecular weight excluding hydrogens is 367 g/mol. The van der Waals surface area contributed by atoms with E-state index in [9.17, 15) is 14.4 Å². The van der Waals surface area contributed by atoms with Gasteiger partial charge in [-0.05, 0) is 31.0 Å². The third-order valence-electron chi connectivity index (χ3n) is 4.40. The molecule has 1 aromatic carbocycles. The summed E-state index contributed by atoms with van der Waals surface area (Å²) in [6.07, 6.45) is 1.21. The molecule has 2 heterocycles. The zero-order valence-electron chi connectivity index (χ0n) is 13.4. The minimum atomic E-state index is -0.734. The molecule has 1 aromatic rings. The van der Waals surface area contributed by atoms with Gasteiger partial charge in [0.2, 0.25) is 5.91 Å². The molecule has 3 rings (SSSR count). The number of hydrogen-bond acceptors (Lipinski definition) is 4. The quantitative estimate of drug-likeness (QED) is 0.772. The van der Waals surface area contributed by atoms with Crippen LogP contribution in [0.3, 0.4) is 0 Å². The third kappa shape index (κ3) is 3.73. The van der Waals surface area contributed by atoms with E-state index >= 15 is 0 Å². The van der Waals surface area contributed by atoms with Crippen LogP contribution in [-0.2, 0) is 9.59 Å². The van der Waals surface area contributed by atoms with Crippen LogP contribution in [-0.4, -0.2) is 47.9 Å². The predicted molar refractivity (Wildman–Crippen MR) is 94.7 cm³/mol. The van der Waals surface area contributed by atoms with E-state index in [1.807, 2.05) is 0 Å². The maximum Gasteiger partial charge on any atom is 0.329 e. The number of halogens is 2. The summed E-state index contributed by atoms with van der Waals surface area (Å²) in [7, 11) is 0. The standard InChI is InChI=1S/C16H18Cl2N4O3/c17-11-2-1-10(7-12(11)18)22-15(24)13(20-16(22)25)3-4-14(23)21-6-5-9(19)8-21/h1-2,7,9,13H,3-6,8,19H2,(H,20,25). The Hall–Kier alpha value is -1.83. The molecule has 2 atom stereocenters. The maximum absolute atomic E-state index is 12.5. The number of hydrogen-bond donors (Lipinski definition) is 2. The number of rotatable bonds is 4. The normalized spacial score (nSPS) is 23.3. The van der Waals surface area contributed by atoms with Crippen molar-refractivity contribution in [2.45, 2.75) is 31.3 Å². The van der Waals surface area contributed by atoms with E-state index in [0.717, 1.165) is 11.3 Å². The largest absolute Gasteiger partial charge is 0.341 e. The zero-order valence-corrected chi connectivity index (χ0v) is 14.9. The Morgan fingerprint density at radius 2 is 2.04 bits per heavy atom. The second kappa shape index (κ2) is 7.19. The van der Waals surface area contributed by atoms with Crippen molar-refractivity contribution in [2.24, 2.45) is 5.73 Å². The molecule has 3 N–H and O–H groups in total. The first-order valence-electron chi connectivity index (χ1n) is 7.99. The lowest BCUT2D eigenvalue weighted by molar-refractivity contribution is -0.130. The summed E-state index contributed by atoms with van der Waals surface area (Å²) in [6.45, 7) is 1.18. The van der Waals surface area contributed by atoms with Crippen molar-refractivity contribution in [3.8, 4) is 0 Å². The van der Waals surface area contributed by atoms with Crippen molar-refractivity contribution in [3.05, 3.63) is 28.2 Å². The van der Waals surface area contributed by atoms with E-state index in [1.165, 1.54) is 12.1 Å². The fourth-order valence-corrected chi connectivity index (χ4v) is 3.33. The third-order valence-corrected chi connectivity index (χ3v) is 5.14. The van der Waals surface area contributed by atoms with Crippen molar-refractivity contribution in [1.29, 1.82) is 0 Å². The molecule has 4 amide bonds. The van der Waals surface area contributed by atoms with Gasteiger partial charge in [-0.2, -0.15) is 0 Å². The summed E-state index contributed by atoms with van der Waals surface area (Å²) in [5, 5.41) is 3.20. The van der Waals surface area contributed by atoms with Crippen LogP contribution in [0.4, 0.5) is 10.5 Å². The highest BCUT2D eigenvalue weighted by molar-refractivity contribution is 6.42. The van der Waals surface area contributed by atoms with Crippen LogP contribution in [0.25, 0.3) is 0 Å². The van der Waals surface area contributed by atoms with E-state index in [2.05, 4.69) is 5.32 Å². The predicted octanol–water partition coefficient (Wildman–Crippen LogP) is 1.76. The second-order valence-electron chi connectivity index (χ2n) is 6.20. The Balaban J connectivity index is 1.63. The first kappa shape index (κ1) is 18.0. The molecule has 2 saturated heterocycles. The van der Waals surface area contributed by atoms with E-state index in [-0.39, 0.29) is 29.8 Å². The molecule has 7 nitrogen and oxygen atoms in total. The van der Waals surface area contributed by atoms with Gasteiger partial charge < -0.3 is 16.0 Å². The van der Waals surface area contributed by atoms with Crippen molar-refractivity contribution < 1.29 is 14.4 Å². The van der Waals surface area contributed by atoms with Gasteiger partial charge in [0.25, 0.3) is 5.91 Å². The molecular formula is C16H18Cl2N4O3. The molecule has 0 spiro atoms. The fraction of sp³-hybridized carbons (Fsp3) is 0.438. The Morgan fingerprint density at radius 3 is 2.68 bits per heavy atom. The van der Waals surface area contributed by atoms with Crippen molar-refractivity contribution >= 4 is 46.7 Å². The van der Waals surface area contributed by atoms with Gasteiger partial charge in [-0.25, -0.2) is 9.69 Å². The first-order chi connectivity index (χ1) is 11.9. The highest BCUT2D eigenvalue weighted by Gasteiger charge is 2.39. The van der Waals surface area contributed by atoms with Gasteiger partial charge >= 0.3 is 6.03 Å². The fourth-order valence-electron chi connectivity index (χ4n) is 3.04. The Morgan fingerprint density at radius 1 is 1.28 bits per heavy atom. The number of nitrogens with zero attached hydrogens (tertiary/aromatic N) is 2. The summed E-state index contributed by atoms with van der Waals surface area (Å²) in [4.78, 5) is 39.5. The minimum Gasteiger partial charge on any atom is -0.341 e. The average Bonchev–Trinajstić information content (AvgIpc) is 3.12. The molecule has 2 aliphatic rings. The van der Waals surface area contributed by atoms with Crippen LogP contribution in [0.2, 0.25) is 10.0 Å². The molecule has 9 heteroatoms. The Bertz CT molecular complexity index is 727. The molecule has 2 fully saturated rings. The second-order valence-corrected chi connectivity index (χ2v) is 7.02. The van der Waals surface area contributed by atoms with Crippen LogP contribution in [0.15, 0.2) is 18.2 Å². The summed E-state index contributed by atoms with van der Waals surface area (Å²) in [5.74, 6) is -0.461. The Kier molecular flexibility index (Phi) is 5.17. The molecule has 25 heavy (non-hydrogen) atoms. The molecule has 2 unspecified atom stereocenters. The molecule has 0 aromatic heterocycles. The van der Waals surface area contributed by atoms with Gasteiger partial charge in [-0.15, -0.1) is 0 Å². The lowest BCUT2D eigenvalue weighted by Crippen LogP contribution is -2.35. The van der Waals surface area contributed by atoms with Crippen LogP contribution in [0.5, 0.6) is 0 Å². The highest BCUT2D eigenvalue weighted by Crippen LogP contribution is 2.29. The summed E-state index contributed by atoms with van der Waals surface area (Å²) >= 11 is 11.8.